The fraction of sp³-hybridized carbons (Fsp3) is 0.316. The fourth-order valence-electron chi connectivity index (χ4n) is 3.09. The van der Waals surface area contributed by atoms with Crippen molar-refractivity contribution in [2.45, 2.75) is 19.9 Å². The van der Waals surface area contributed by atoms with Crippen LogP contribution in [0.2, 0.25) is 5.02 Å². The molecule has 1 unspecified atom stereocenters. The normalized spacial score (nSPS) is 18.0. The van der Waals surface area contributed by atoms with E-state index in [0.29, 0.717) is 23.1 Å². The van der Waals surface area contributed by atoms with Gasteiger partial charge in [-0.2, -0.15) is 0 Å². The summed E-state index contributed by atoms with van der Waals surface area (Å²) in [5.74, 6) is 1.30. The number of carboxylic acid groups (broad SMARTS) is 1. The van der Waals surface area contributed by atoms with Gasteiger partial charge in [-0.3, -0.25) is 0 Å². The van der Waals surface area contributed by atoms with E-state index in [2.05, 4.69) is 5.32 Å². The number of hydrogen-bond donors (Lipinski definition) is 2. The standard InChI is InChI=1S/C19H20ClNO4/c1-19(2)10-25-16-9-12(4-6-13(16)17(19)21-18(22)23)11-5-7-15(24-3)14(20)8-11/h4-9,17,21H,10H2,1-3H3,(H,22,23). The minimum absolute atomic E-state index is 0.331. The first kappa shape index (κ1) is 17.4. The zero-order chi connectivity index (χ0) is 18.2. The highest BCUT2D eigenvalue weighted by molar-refractivity contribution is 6.32. The van der Waals surface area contributed by atoms with Crippen LogP contribution in [-0.2, 0) is 0 Å². The second-order valence-corrected chi connectivity index (χ2v) is 7.17. The lowest BCUT2D eigenvalue weighted by atomic mass is 9.78. The van der Waals surface area contributed by atoms with Crippen LogP contribution in [0, 0.1) is 5.41 Å². The topological polar surface area (TPSA) is 67.8 Å². The molecule has 0 saturated heterocycles. The fourth-order valence-corrected chi connectivity index (χ4v) is 3.35. The molecule has 1 amide bonds. The van der Waals surface area contributed by atoms with E-state index in [1.54, 1.807) is 7.11 Å². The summed E-state index contributed by atoms with van der Waals surface area (Å²) in [6.07, 6.45) is -1.04. The summed E-state index contributed by atoms with van der Waals surface area (Å²) in [6, 6.07) is 11.0. The van der Waals surface area contributed by atoms with Crippen molar-refractivity contribution in [1.82, 2.24) is 5.32 Å². The summed E-state index contributed by atoms with van der Waals surface area (Å²) in [5.41, 5.74) is 2.37. The molecule has 2 aromatic rings. The number of carbonyl (C=O) groups is 1. The number of ether oxygens (including phenoxy) is 2. The zero-order valence-corrected chi connectivity index (χ0v) is 15.1. The summed E-state index contributed by atoms with van der Waals surface area (Å²) >= 11 is 6.21. The maximum absolute atomic E-state index is 11.2. The van der Waals surface area contributed by atoms with E-state index in [-0.39, 0.29) is 11.5 Å². The van der Waals surface area contributed by atoms with Gasteiger partial charge in [0.15, 0.2) is 0 Å². The average molecular weight is 362 g/mol. The van der Waals surface area contributed by atoms with Crippen LogP contribution in [0.5, 0.6) is 11.5 Å². The Morgan fingerprint density at radius 2 is 1.96 bits per heavy atom. The third-order valence-electron chi connectivity index (χ3n) is 4.46. The van der Waals surface area contributed by atoms with Crippen molar-refractivity contribution in [3.63, 3.8) is 0 Å². The summed E-state index contributed by atoms with van der Waals surface area (Å²) in [6.45, 7) is 4.39. The van der Waals surface area contributed by atoms with Crippen molar-refractivity contribution >= 4 is 17.7 Å². The molecule has 5 nitrogen and oxygen atoms in total. The van der Waals surface area contributed by atoms with Crippen LogP contribution in [0.3, 0.4) is 0 Å². The van der Waals surface area contributed by atoms with E-state index in [1.807, 2.05) is 50.2 Å². The molecule has 1 aliphatic rings. The van der Waals surface area contributed by atoms with Crippen molar-refractivity contribution < 1.29 is 19.4 Å². The van der Waals surface area contributed by atoms with Crippen LogP contribution in [0.25, 0.3) is 11.1 Å². The molecule has 0 saturated carbocycles. The Balaban J connectivity index is 2.00. The monoisotopic (exact) mass is 361 g/mol. The molecule has 2 N–H and O–H groups in total. The maximum atomic E-state index is 11.2. The van der Waals surface area contributed by atoms with Gasteiger partial charge in [-0.25, -0.2) is 4.79 Å². The lowest BCUT2D eigenvalue weighted by Crippen LogP contribution is -2.43. The molecule has 1 aliphatic heterocycles. The Labute approximate surface area is 151 Å². The van der Waals surface area contributed by atoms with Gasteiger partial charge in [0.2, 0.25) is 0 Å². The number of methoxy groups -OCH3 is 1. The lowest BCUT2D eigenvalue weighted by Gasteiger charge is -2.39. The molecule has 0 radical (unpaired) electrons. The number of hydrogen-bond acceptors (Lipinski definition) is 3. The van der Waals surface area contributed by atoms with Crippen LogP contribution in [0.15, 0.2) is 36.4 Å². The van der Waals surface area contributed by atoms with Crippen LogP contribution < -0.4 is 14.8 Å². The smallest absolute Gasteiger partial charge is 0.405 e. The van der Waals surface area contributed by atoms with Gasteiger partial charge >= 0.3 is 6.09 Å². The molecule has 25 heavy (non-hydrogen) atoms. The zero-order valence-electron chi connectivity index (χ0n) is 14.3. The van der Waals surface area contributed by atoms with Crippen molar-refractivity contribution in [2.24, 2.45) is 5.41 Å². The van der Waals surface area contributed by atoms with Crippen LogP contribution in [0.4, 0.5) is 4.79 Å². The van der Waals surface area contributed by atoms with Crippen LogP contribution in [0.1, 0.15) is 25.5 Å². The molecule has 0 spiro atoms. The number of fused-ring (bicyclic) bond motifs is 1. The first-order valence-corrected chi connectivity index (χ1v) is 8.30. The number of rotatable bonds is 3. The molecule has 132 valence electrons. The highest BCUT2D eigenvalue weighted by atomic mass is 35.5. The Bertz CT molecular complexity index is 819. The van der Waals surface area contributed by atoms with E-state index < -0.39 is 6.09 Å². The number of amides is 1. The number of nitrogens with one attached hydrogen (secondary N) is 1. The average Bonchev–Trinajstić information content (AvgIpc) is 2.57. The molecule has 0 aliphatic carbocycles. The molecule has 2 aromatic carbocycles. The van der Waals surface area contributed by atoms with Gasteiger partial charge < -0.3 is 19.9 Å². The van der Waals surface area contributed by atoms with E-state index in [4.69, 9.17) is 26.2 Å². The predicted molar refractivity (Wildman–Crippen MR) is 96.6 cm³/mol. The molecule has 3 rings (SSSR count). The van der Waals surface area contributed by atoms with Crippen molar-refractivity contribution in [3.8, 4) is 22.6 Å². The van der Waals surface area contributed by atoms with Crippen LogP contribution in [-0.4, -0.2) is 24.9 Å². The quantitative estimate of drug-likeness (QED) is 0.828. The predicted octanol–water partition coefficient (Wildman–Crippen LogP) is 4.74. The number of benzene rings is 2. The highest BCUT2D eigenvalue weighted by Crippen LogP contribution is 2.44. The largest absolute Gasteiger partial charge is 0.495 e. The van der Waals surface area contributed by atoms with Crippen molar-refractivity contribution in [3.05, 3.63) is 47.0 Å². The van der Waals surface area contributed by atoms with Crippen LogP contribution >= 0.6 is 11.6 Å². The van der Waals surface area contributed by atoms with Crippen molar-refractivity contribution in [1.29, 1.82) is 0 Å². The summed E-state index contributed by atoms with van der Waals surface area (Å²) in [4.78, 5) is 11.2. The lowest BCUT2D eigenvalue weighted by molar-refractivity contribution is 0.0996. The van der Waals surface area contributed by atoms with Crippen molar-refractivity contribution in [2.75, 3.05) is 13.7 Å². The summed E-state index contributed by atoms with van der Waals surface area (Å²) < 4.78 is 11.1. The Morgan fingerprint density at radius 3 is 2.60 bits per heavy atom. The van der Waals surface area contributed by atoms with E-state index in [1.165, 1.54) is 0 Å². The first-order chi connectivity index (χ1) is 11.8. The van der Waals surface area contributed by atoms with Gasteiger partial charge in [-0.15, -0.1) is 0 Å². The Kier molecular flexibility index (Phi) is 4.52. The molecular formula is C19H20ClNO4. The molecule has 0 aromatic heterocycles. The Morgan fingerprint density at radius 1 is 1.28 bits per heavy atom. The summed E-state index contributed by atoms with van der Waals surface area (Å²) in [7, 11) is 1.57. The minimum atomic E-state index is -1.04. The SMILES string of the molecule is COc1ccc(-c2ccc3c(c2)OCC(C)(C)C3NC(=O)O)cc1Cl. The maximum Gasteiger partial charge on any atom is 0.405 e. The van der Waals surface area contributed by atoms with Gasteiger partial charge in [0.05, 0.1) is 24.8 Å². The third-order valence-corrected chi connectivity index (χ3v) is 4.75. The number of halogens is 1. The second kappa shape index (κ2) is 6.48. The van der Waals surface area contributed by atoms with Gasteiger partial charge in [-0.1, -0.05) is 43.6 Å². The van der Waals surface area contributed by atoms with Gasteiger partial charge in [-0.05, 0) is 29.3 Å². The molecule has 1 heterocycles. The first-order valence-electron chi connectivity index (χ1n) is 7.92. The minimum Gasteiger partial charge on any atom is -0.495 e. The van der Waals surface area contributed by atoms with E-state index in [0.717, 1.165) is 16.7 Å². The van der Waals surface area contributed by atoms with Gasteiger partial charge in [0, 0.05) is 11.0 Å². The molecular weight excluding hydrogens is 342 g/mol. The molecule has 0 bridgehead atoms. The molecule has 1 atom stereocenters. The Hall–Kier alpha value is -2.40. The highest BCUT2D eigenvalue weighted by Gasteiger charge is 2.38. The third kappa shape index (κ3) is 3.37. The summed E-state index contributed by atoms with van der Waals surface area (Å²) in [5, 5.41) is 12.3. The van der Waals surface area contributed by atoms with E-state index in [9.17, 15) is 4.79 Å². The molecule has 6 heteroatoms. The van der Waals surface area contributed by atoms with Gasteiger partial charge in [0.1, 0.15) is 11.5 Å². The van der Waals surface area contributed by atoms with Gasteiger partial charge in [0.25, 0.3) is 0 Å². The van der Waals surface area contributed by atoms with E-state index >= 15 is 0 Å². The second-order valence-electron chi connectivity index (χ2n) is 6.76. The molecule has 0 fully saturated rings.